The summed E-state index contributed by atoms with van der Waals surface area (Å²) < 4.78 is 73.3. The van der Waals surface area contributed by atoms with Crippen molar-refractivity contribution in [3.63, 3.8) is 0 Å². The molecule has 0 spiro atoms. The summed E-state index contributed by atoms with van der Waals surface area (Å²) >= 11 is 0. The molecule has 36 heteroatoms. The number of alkyl carbamates (subject to hydrolysis) is 1. The van der Waals surface area contributed by atoms with Gasteiger partial charge in [0.1, 0.15) is 49.0 Å². The van der Waals surface area contributed by atoms with Gasteiger partial charge >= 0.3 is 27.3 Å². The zero-order valence-corrected chi connectivity index (χ0v) is 50.5. The third-order valence-corrected chi connectivity index (χ3v) is 17.7. The van der Waals surface area contributed by atoms with Gasteiger partial charge in [0.05, 0.1) is 31.9 Å². The molecule has 4 aromatic heterocycles. The van der Waals surface area contributed by atoms with Crippen molar-refractivity contribution >= 4 is 90.8 Å². The number of imide groups is 1. The third kappa shape index (κ3) is 15.9. The van der Waals surface area contributed by atoms with Gasteiger partial charge < -0.3 is 66.0 Å². The quantitative estimate of drug-likeness (QED) is 0.0251. The van der Waals surface area contributed by atoms with E-state index in [1.165, 1.54) is 33.9 Å². The van der Waals surface area contributed by atoms with Crippen LogP contribution in [0.2, 0.25) is 0 Å². The molecule has 12 N–H and O–H groups in total. The summed E-state index contributed by atoms with van der Waals surface area (Å²) in [6.45, 7) is 4.54. The van der Waals surface area contributed by atoms with Crippen molar-refractivity contribution in [3.8, 4) is 0 Å². The highest BCUT2D eigenvalue weighted by molar-refractivity contribution is 7.53. The number of hydrogen-bond acceptors (Lipinski definition) is 25. The first-order chi connectivity index (χ1) is 42.2. The number of carbonyl (C=O) groups excluding carboxylic acids is 7. The van der Waals surface area contributed by atoms with Crippen LogP contribution in [0.1, 0.15) is 82.4 Å². The normalized spacial score (nSPS) is 26.1. The molecule has 8 heterocycles. The summed E-state index contributed by atoms with van der Waals surface area (Å²) in [5.41, 5.74) is 16.1. The fraction of sp³-hybridized carbons (Fsp3) is 0.528. The minimum atomic E-state index is -4.33. The maximum atomic E-state index is 14.5. The van der Waals surface area contributed by atoms with Crippen LogP contribution in [0.5, 0.6) is 0 Å². The number of aliphatic hydroxyl groups excluding tert-OH is 1. The number of nitrogens with zero attached hydrogens (tertiary/aromatic N) is 7. The number of rotatable bonds is 23. The molecule has 0 radical (unpaired) electrons. The van der Waals surface area contributed by atoms with E-state index in [1.807, 2.05) is 0 Å². The molecular weight excluding hydrogens is 1210 g/mol. The van der Waals surface area contributed by atoms with Crippen molar-refractivity contribution in [2.45, 2.75) is 127 Å². The average Bonchev–Trinajstić information content (AvgIpc) is 1.90. The van der Waals surface area contributed by atoms with Crippen molar-refractivity contribution in [1.82, 2.24) is 59.9 Å². The van der Waals surface area contributed by atoms with E-state index in [-0.39, 0.29) is 115 Å². The molecular formula is C53H69N15O19P2. The molecule has 480 valence electrons. The molecule has 0 bridgehead atoms. The Morgan fingerprint density at radius 2 is 1.35 bits per heavy atom. The molecule has 89 heavy (non-hydrogen) atoms. The number of unbranched alkanes of at least 4 members (excludes halogenated alkanes) is 2. The van der Waals surface area contributed by atoms with E-state index >= 15 is 0 Å². The Morgan fingerprint density at radius 3 is 1.94 bits per heavy atom. The van der Waals surface area contributed by atoms with Gasteiger partial charge in [0.25, 0.3) is 22.9 Å². The number of hydrogen-bond donors (Lipinski definition) is 9. The summed E-state index contributed by atoms with van der Waals surface area (Å²) in [7, 11) is -8.60. The largest absolute Gasteiger partial charge is 0.445 e. The number of urea groups is 1. The molecule has 6 amide bonds. The number of imidazole rings is 2. The first-order valence-corrected chi connectivity index (χ1v) is 32.4. The Kier molecular flexibility index (Phi) is 20.4. The number of fused-ring (bicyclic) bond motifs is 4. The fourth-order valence-electron chi connectivity index (χ4n) is 10.7. The summed E-state index contributed by atoms with van der Waals surface area (Å²) in [5, 5.41) is 19.6. The maximum absolute atomic E-state index is 14.5. The molecule has 3 saturated heterocycles. The van der Waals surface area contributed by atoms with Crippen LogP contribution in [0.4, 0.5) is 21.5 Å². The van der Waals surface area contributed by atoms with E-state index in [4.69, 9.17) is 49.5 Å². The van der Waals surface area contributed by atoms with Crippen LogP contribution in [-0.4, -0.2) is 173 Å². The standard InChI is InChI=1S/C53H69N15O19P2/c1-26(2)30(20-29(69)9-6-5-7-18-66-35(71)15-16-36(66)72)45(74)60-31(10-8-17-57-52(56)77)32(70)19-27-11-13-28(14-12-27)21-81-53(78)61-37-41-33(84-48(37)67-24-58-38-43(67)62-50(54)64-46(38)75)22-82-89(4,80)87-42-34(23-83-88(3,79)86-41)85-49(40(42)73)68-25-59-39-44(68)63-51(55)65-47(39)76/h11-16,24-26,30-31,33-34,37,40-42,48-49,73H,5-10,17-23H2,1-4H3,(H,60,74)(H,61,78)(H3,56,57,77)(H3,54,62,64,75)(H3,55,63,65,76)/t30-,31-,33+,34+,37-,40?,41?,42-,48+,49+,88?,89?/m0/s1. The SMILES string of the molecule is CC(C)[C@H](CC(=O)CCCCCN1C(=O)C=CC1=O)C(=O)N[C@@H](CCCNC(N)=O)C(=O)Cc1ccc(COC(=O)N[C@H]2C3OP(C)(=O)OC[C@H]4O[C@@H](n5cnc6c(=O)[nH]c(N)nc65)C(O)[C@H]4OP(C)(=O)OC[C@H]3O[C@H]2n2cnc3c(=O)[nH]c(N)nc32)cc1. The van der Waals surface area contributed by atoms with E-state index < -0.39 is 119 Å². The first kappa shape index (κ1) is 65.4. The Hall–Kier alpha value is -8.07. The van der Waals surface area contributed by atoms with E-state index in [1.54, 1.807) is 38.1 Å². The highest BCUT2D eigenvalue weighted by atomic mass is 31.2. The second-order valence-electron chi connectivity index (χ2n) is 22.2. The van der Waals surface area contributed by atoms with Crippen molar-refractivity contribution in [2.24, 2.45) is 17.6 Å². The summed E-state index contributed by atoms with van der Waals surface area (Å²) in [4.78, 5) is 138. The number of benzene rings is 1. The number of aliphatic hydroxyl groups is 1. The highest BCUT2D eigenvalue weighted by Gasteiger charge is 2.54. The van der Waals surface area contributed by atoms with Crippen LogP contribution in [0, 0.1) is 11.8 Å². The summed E-state index contributed by atoms with van der Waals surface area (Å²) in [5.74, 6) is -3.39. The molecule has 0 aliphatic carbocycles. The van der Waals surface area contributed by atoms with Gasteiger partial charge in [-0.05, 0) is 42.7 Å². The Balaban J connectivity index is 0.860. The van der Waals surface area contributed by atoms with Crippen molar-refractivity contribution < 1.29 is 80.1 Å². The van der Waals surface area contributed by atoms with E-state index in [2.05, 4.69) is 45.9 Å². The minimum Gasteiger partial charge on any atom is -0.445 e. The molecule has 1 aromatic carbocycles. The zero-order chi connectivity index (χ0) is 64.1. The Labute approximate surface area is 505 Å². The summed E-state index contributed by atoms with van der Waals surface area (Å²) in [6.07, 6.45) is -4.59. The van der Waals surface area contributed by atoms with Gasteiger partial charge in [-0.25, -0.2) is 19.6 Å². The van der Waals surface area contributed by atoms with Crippen molar-refractivity contribution in [2.75, 3.05) is 51.1 Å². The second-order valence-corrected chi connectivity index (χ2v) is 26.2. The van der Waals surface area contributed by atoms with Gasteiger partial charge in [-0.3, -0.25) is 71.2 Å². The Morgan fingerprint density at radius 1 is 0.787 bits per heavy atom. The number of aromatic amines is 2. The van der Waals surface area contributed by atoms with Crippen LogP contribution < -0.4 is 44.3 Å². The monoisotopic (exact) mass is 1280 g/mol. The number of carbonyl (C=O) groups is 7. The number of H-pyrrole nitrogens is 2. The summed E-state index contributed by atoms with van der Waals surface area (Å²) in [6, 6.07) is 3.22. The molecule has 0 saturated carbocycles. The van der Waals surface area contributed by atoms with Gasteiger partial charge in [0, 0.05) is 63.8 Å². The van der Waals surface area contributed by atoms with Crippen molar-refractivity contribution in [3.05, 3.63) is 80.9 Å². The van der Waals surface area contributed by atoms with E-state index in [0.717, 1.165) is 18.2 Å². The maximum Gasteiger partial charge on any atom is 0.407 e. The van der Waals surface area contributed by atoms with E-state index in [9.17, 15) is 57.4 Å². The molecule has 3 fully saturated rings. The van der Waals surface area contributed by atoms with Gasteiger partial charge in [-0.15, -0.1) is 0 Å². The number of nitrogens with one attached hydrogen (secondary N) is 5. The second kappa shape index (κ2) is 27.8. The topological polar surface area (TPSA) is 483 Å². The lowest BCUT2D eigenvalue weighted by molar-refractivity contribution is -0.137. The number of ether oxygens (including phenoxy) is 3. The number of nitrogens with two attached hydrogens (primary N) is 3. The van der Waals surface area contributed by atoms with Gasteiger partial charge in [0.15, 0.2) is 40.6 Å². The molecule has 4 aliphatic rings. The third-order valence-electron chi connectivity index (χ3n) is 15.2. The Bertz CT molecular complexity index is 3740. The van der Waals surface area contributed by atoms with Crippen molar-refractivity contribution in [1.29, 1.82) is 0 Å². The van der Waals surface area contributed by atoms with Gasteiger partial charge in [0.2, 0.25) is 17.8 Å². The number of anilines is 2. The lowest BCUT2D eigenvalue weighted by Gasteiger charge is -2.30. The molecule has 12 atom stereocenters. The lowest BCUT2D eigenvalue weighted by Crippen LogP contribution is -2.48. The van der Waals surface area contributed by atoms with Gasteiger partial charge in [-0.1, -0.05) is 44.5 Å². The van der Waals surface area contributed by atoms with Crippen LogP contribution in [-0.2, 0) is 78.4 Å². The first-order valence-electron chi connectivity index (χ1n) is 28.4. The zero-order valence-electron chi connectivity index (χ0n) is 48.7. The predicted molar refractivity (Wildman–Crippen MR) is 311 cm³/mol. The number of amides is 6. The molecule has 4 aliphatic heterocycles. The molecule has 4 unspecified atom stereocenters. The molecule has 34 nitrogen and oxygen atoms in total. The smallest absolute Gasteiger partial charge is 0.407 e. The number of nitrogen functional groups attached to an aromatic ring is 2. The van der Waals surface area contributed by atoms with Gasteiger partial charge in [-0.2, -0.15) is 9.97 Å². The molecule has 5 aromatic rings. The number of Topliss-reactive ketones (excluding diaryl/α,β-unsaturated/α-hetero) is 2. The van der Waals surface area contributed by atoms with E-state index in [0.29, 0.717) is 30.4 Å². The van der Waals surface area contributed by atoms with Crippen LogP contribution in [0.25, 0.3) is 22.3 Å². The number of ketones is 2. The number of primary amides is 1. The average molecular weight is 1280 g/mol. The fourth-order valence-corrected chi connectivity index (χ4v) is 13.1. The van der Waals surface area contributed by atoms with Crippen LogP contribution >= 0.6 is 15.2 Å². The van der Waals surface area contributed by atoms with Crippen LogP contribution in [0.3, 0.4) is 0 Å². The molecule has 9 rings (SSSR count). The van der Waals surface area contributed by atoms with Crippen LogP contribution in [0.15, 0.2) is 58.7 Å². The minimum absolute atomic E-state index is 0.0698. The predicted octanol–water partition coefficient (Wildman–Crippen LogP) is 1.09. The lowest BCUT2D eigenvalue weighted by atomic mass is 9.88. The highest BCUT2D eigenvalue weighted by Crippen LogP contribution is 2.54. The number of aromatic nitrogens is 8.